The number of amides is 1. The first-order valence-electron chi connectivity index (χ1n) is 8.57. The largest absolute Gasteiger partial charge is 0.452 e. The molecule has 0 bridgehead atoms. The van der Waals surface area contributed by atoms with Crippen LogP contribution in [0.25, 0.3) is 0 Å². The molecule has 2 aromatic heterocycles. The molecule has 3 aromatic rings. The van der Waals surface area contributed by atoms with Crippen molar-refractivity contribution in [3.8, 4) is 0 Å². The van der Waals surface area contributed by atoms with Crippen LogP contribution in [0.1, 0.15) is 26.6 Å². The van der Waals surface area contributed by atoms with Crippen LogP contribution in [0.3, 0.4) is 0 Å². The van der Waals surface area contributed by atoms with E-state index in [2.05, 4.69) is 10.4 Å². The van der Waals surface area contributed by atoms with E-state index in [-0.39, 0.29) is 12.5 Å². The van der Waals surface area contributed by atoms with Gasteiger partial charge in [0.15, 0.2) is 6.61 Å². The lowest BCUT2D eigenvalue weighted by atomic mass is 10.2. The summed E-state index contributed by atoms with van der Waals surface area (Å²) in [5.74, 6) is 0.0632. The van der Waals surface area contributed by atoms with Gasteiger partial charge in [0.25, 0.3) is 5.91 Å². The number of ether oxygens (including phenoxy) is 1. The number of likely N-dealkylation sites (N-methyl/N-ethyl adjacent to an activating group) is 1. The summed E-state index contributed by atoms with van der Waals surface area (Å²) in [6.45, 7) is 2.23. The van der Waals surface area contributed by atoms with Crippen LogP contribution in [0.4, 0.5) is 0 Å². The molecular formula is C20H20N2O3S3. The van der Waals surface area contributed by atoms with E-state index >= 15 is 0 Å². The average molecular weight is 433 g/mol. The molecule has 146 valence electrons. The third-order valence-corrected chi connectivity index (χ3v) is 6.50. The smallest absolute Gasteiger partial charge is 0.338 e. The topological polar surface area (TPSA) is 59.5 Å². The second kappa shape index (κ2) is 9.86. The van der Waals surface area contributed by atoms with E-state index < -0.39 is 5.97 Å². The number of thiophene rings is 1. The number of rotatable bonds is 8. The maximum Gasteiger partial charge on any atom is 0.338 e. The number of esters is 1. The summed E-state index contributed by atoms with van der Waals surface area (Å²) < 4.78 is 5.16. The minimum absolute atomic E-state index is 0.231. The number of aryl methyl sites for hydroxylation is 1. The molecule has 0 spiro atoms. The highest BCUT2D eigenvalue weighted by atomic mass is 32.2. The molecule has 8 heteroatoms. The molecule has 3 rings (SSSR count). The van der Waals surface area contributed by atoms with Gasteiger partial charge in [-0.1, -0.05) is 0 Å². The van der Waals surface area contributed by atoms with Crippen molar-refractivity contribution >= 4 is 46.3 Å². The summed E-state index contributed by atoms with van der Waals surface area (Å²) in [7, 11) is 1.70. The minimum atomic E-state index is -0.496. The monoisotopic (exact) mass is 432 g/mol. The predicted molar refractivity (Wildman–Crippen MR) is 114 cm³/mol. The second-order valence-electron chi connectivity index (χ2n) is 6.13. The van der Waals surface area contributed by atoms with Crippen molar-refractivity contribution in [1.29, 1.82) is 0 Å². The van der Waals surface area contributed by atoms with Crippen molar-refractivity contribution in [2.24, 2.45) is 0 Å². The molecule has 28 heavy (non-hydrogen) atoms. The number of nitrogens with zero attached hydrogens (tertiary/aromatic N) is 2. The van der Waals surface area contributed by atoms with Gasteiger partial charge in [-0.05, 0) is 53.6 Å². The van der Waals surface area contributed by atoms with Crippen LogP contribution in [0, 0.1) is 6.92 Å². The summed E-state index contributed by atoms with van der Waals surface area (Å²) in [6.07, 6.45) is 0. The normalized spacial score (nSPS) is 10.6. The van der Waals surface area contributed by atoms with Crippen LogP contribution in [0.15, 0.2) is 51.4 Å². The summed E-state index contributed by atoms with van der Waals surface area (Å²) in [5.41, 5.74) is 2.55. The summed E-state index contributed by atoms with van der Waals surface area (Å²) in [4.78, 5) is 31.3. The van der Waals surface area contributed by atoms with E-state index in [0.29, 0.717) is 12.1 Å². The molecule has 1 aromatic carbocycles. The molecule has 2 heterocycles. The summed E-state index contributed by atoms with van der Waals surface area (Å²) >= 11 is 4.89. The van der Waals surface area contributed by atoms with Crippen molar-refractivity contribution in [2.45, 2.75) is 24.1 Å². The van der Waals surface area contributed by atoms with Crippen LogP contribution in [0.2, 0.25) is 0 Å². The third kappa shape index (κ3) is 5.92. The number of aromatic nitrogens is 1. The molecule has 0 aliphatic heterocycles. The van der Waals surface area contributed by atoms with Crippen LogP contribution in [0.5, 0.6) is 0 Å². The molecule has 1 amide bonds. The van der Waals surface area contributed by atoms with Gasteiger partial charge in [0.2, 0.25) is 0 Å². The number of hydrogen-bond acceptors (Lipinski definition) is 7. The Bertz CT molecular complexity index is 921. The number of benzene rings is 1. The zero-order valence-electron chi connectivity index (χ0n) is 15.6. The highest BCUT2D eigenvalue weighted by molar-refractivity contribution is 7.98. The van der Waals surface area contributed by atoms with Crippen molar-refractivity contribution in [1.82, 2.24) is 9.88 Å². The van der Waals surface area contributed by atoms with Crippen molar-refractivity contribution < 1.29 is 14.3 Å². The first kappa shape index (κ1) is 20.6. The highest BCUT2D eigenvalue weighted by Gasteiger charge is 2.14. The molecule has 0 saturated carbocycles. The zero-order valence-corrected chi connectivity index (χ0v) is 18.0. The molecule has 0 fully saturated rings. The lowest BCUT2D eigenvalue weighted by Gasteiger charge is -2.16. The number of thiazole rings is 1. The molecule has 0 aliphatic rings. The van der Waals surface area contributed by atoms with Crippen LogP contribution in [-0.2, 0) is 21.8 Å². The van der Waals surface area contributed by atoms with E-state index in [1.807, 2.05) is 35.9 Å². The Labute approximate surface area is 176 Å². The maximum atomic E-state index is 12.2. The Morgan fingerprint density at radius 3 is 2.61 bits per heavy atom. The average Bonchev–Trinajstić information content (AvgIpc) is 3.36. The number of carbonyl (C=O) groups is 2. The van der Waals surface area contributed by atoms with Gasteiger partial charge in [-0.25, -0.2) is 9.78 Å². The number of thioether (sulfide) groups is 1. The molecule has 0 atom stereocenters. The molecule has 0 N–H and O–H groups in total. The zero-order chi connectivity index (χ0) is 19.9. The van der Waals surface area contributed by atoms with E-state index in [4.69, 9.17) is 4.74 Å². The lowest BCUT2D eigenvalue weighted by Crippen LogP contribution is -2.30. The van der Waals surface area contributed by atoms with E-state index in [9.17, 15) is 9.59 Å². The fraction of sp³-hybridized carbons (Fsp3) is 0.250. The molecule has 0 radical (unpaired) electrons. The quantitative estimate of drug-likeness (QED) is 0.384. The summed E-state index contributed by atoms with van der Waals surface area (Å²) in [6, 6.07) is 9.17. The van der Waals surface area contributed by atoms with E-state index in [1.54, 1.807) is 58.5 Å². The lowest BCUT2D eigenvalue weighted by molar-refractivity contribution is -0.133. The first-order valence-corrected chi connectivity index (χ1v) is 11.4. The standard InChI is InChI=1S/C20H20N2O3S3/c1-14-21-17(12-27-14)13-28-18-5-3-16(4-6-18)20(24)25-10-19(23)22(2)9-15-7-8-26-11-15/h3-8,11-12H,9-10,13H2,1-2H3. The predicted octanol–water partition coefficient (Wildman–Crippen LogP) is 4.62. The van der Waals surface area contributed by atoms with E-state index in [1.165, 1.54) is 0 Å². The van der Waals surface area contributed by atoms with Crippen LogP contribution >= 0.6 is 34.4 Å². The minimum Gasteiger partial charge on any atom is -0.452 e. The Morgan fingerprint density at radius 2 is 1.96 bits per heavy atom. The number of carbonyl (C=O) groups excluding carboxylic acids is 2. The van der Waals surface area contributed by atoms with Gasteiger partial charge < -0.3 is 9.64 Å². The first-order chi connectivity index (χ1) is 13.5. The van der Waals surface area contributed by atoms with E-state index in [0.717, 1.165) is 26.9 Å². The Kier molecular flexibility index (Phi) is 7.24. The second-order valence-corrected chi connectivity index (χ2v) is 9.02. The molecule has 0 aliphatic carbocycles. The van der Waals surface area contributed by atoms with Crippen LogP contribution in [-0.4, -0.2) is 35.4 Å². The molecular weight excluding hydrogens is 412 g/mol. The van der Waals surface area contributed by atoms with Gasteiger partial charge in [-0.15, -0.1) is 23.1 Å². The number of hydrogen-bond donors (Lipinski definition) is 0. The SMILES string of the molecule is Cc1nc(CSc2ccc(C(=O)OCC(=O)N(C)Cc3ccsc3)cc2)cs1. The van der Waals surface area contributed by atoms with Gasteiger partial charge in [0.1, 0.15) is 0 Å². The molecule has 0 unspecified atom stereocenters. The highest BCUT2D eigenvalue weighted by Crippen LogP contribution is 2.24. The van der Waals surface area contributed by atoms with Crippen LogP contribution < -0.4 is 0 Å². The maximum absolute atomic E-state index is 12.2. The van der Waals surface area contributed by atoms with Crippen molar-refractivity contribution in [2.75, 3.05) is 13.7 Å². The fourth-order valence-corrected chi connectivity index (χ4v) is 4.55. The van der Waals surface area contributed by atoms with Gasteiger partial charge in [0.05, 0.1) is 16.3 Å². The Balaban J connectivity index is 1.45. The Hall–Kier alpha value is -2.16. The van der Waals surface area contributed by atoms with Crippen molar-refractivity contribution in [3.05, 3.63) is 68.3 Å². The fourth-order valence-electron chi connectivity index (χ4n) is 2.38. The van der Waals surface area contributed by atoms with Gasteiger partial charge in [0, 0.05) is 29.6 Å². The Morgan fingerprint density at radius 1 is 1.18 bits per heavy atom. The summed E-state index contributed by atoms with van der Waals surface area (Å²) in [5, 5.41) is 7.07. The van der Waals surface area contributed by atoms with Gasteiger partial charge >= 0.3 is 5.97 Å². The van der Waals surface area contributed by atoms with Gasteiger partial charge in [-0.2, -0.15) is 11.3 Å². The molecule has 0 saturated heterocycles. The third-order valence-electron chi connectivity index (χ3n) is 3.90. The van der Waals surface area contributed by atoms with Gasteiger partial charge in [-0.3, -0.25) is 4.79 Å². The van der Waals surface area contributed by atoms with Crippen molar-refractivity contribution in [3.63, 3.8) is 0 Å². The molecule has 5 nitrogen and oxygen atoms in total.